The van der Waals surface area contributed by atoms with E-state index in [-0.39, 0.29) is 5.75 Å². The highest BCUT2D eigenvalue weighted by molar-refractivity contribution is 5.65. The molecule has 3 N–H and O–H groups in total. The van der Waals surface area contributed by atoms with Crippen LogP contribution in [-0.2, 0) is 0 Å². The Balaban J connectivity index is 3.12. The average Bonchev–Trinajstić information content (AvgIpc) is 2.22. The van der Waals surface area contributed by atoms with Crippen molar-refractivity contribution in [1.29, 1.82) is 0 Å². The lowest BCUT2D eigenvalue weighted by molar-refractivity contribution is 0.224. The number of allylic oxidation sites excluding steroid dienone is 1. The Hall–Kier alpha value is -1.68. The van der Waals surface area contributed by atoms with E-state index >= 15 is 0 Å². The Labute approximate surface area is 82.4 Å². The number of methoxy groups -OCH3 is 1. The monoisotopic (exact) mass is 195 g/mol. The number of ether oxygens (including phenoxy) is 1. The molecule has 76 valence electrons. The first-order valence-electron chi connectivity index (χ1n) is 4.16. The van der Waals surface area contributed by atoms with Crippen molar-refractivity contribution in [3.05, 3.63) is 29.8 Å². The molecule has 4 heteroatoms. The molecule has 0 aliphatic heterocycles. The highest BCUT2D eigenvalue weighted by Crippen LogP contribution is 2.28. The summed E-state index contributed by atoms with van der Waals surface area (Å²) in [7, 11) is 1.47. The van der Waals surface area contributed by atoms with E-state index in [2.05, 4.69) is 5.48 Å². The number of aromatic hydroxyl groups is 1. The Morgan fingerprint density at radius 3 is 2.71 bits per heavy atom. The van der Waals surface area contributed by atoms with Crippen LogP contribution in [0.2, 0.25) is 0 Å². The molecule has 4 nitrogen and oxygen atoms in total. The van der Waals surface area contributed by atoms with Crippen molar-refractivity contribution in [2.75, 3.05) is 7.11 Å². The SMILES string of the molecule is C/C=C(/NO)c1ccc(O)c(OC)c1. The number of rotatable bonds is 3. The Bertz CT molecular complexity index is 347. The predicted octanol–water partition coefficient (Wildman–Crippen LogP) is 1.74. The molecule has 1 aromatic carbocycles. The summed E-state index contributed by atoms with van der Waals surface area (Å²) in [6, 6.07) is 4.82. The van der Waals surface area contributed by atoms with Crippen molar-refractivity contribution in [2.24, 2.45) is 0 Å². The lowest BCUT2D eigenvalue weighted by Gasteiger charge is -2.08. The van der Waals surface area contributed by atoms with E-state index in [0.29, 0.717) is 11.4 Å². The van der Waals surface area contributed by atoms with Crippen LogP contribution in [0.3, 0.4) is 0 Å². The molecule has 0 amide bonds. The Morgan fingerprint density at radius 1 is 1.50 bits per heavy atom. The van der Waals surface area contributed by atoms with Gasteiger partial charge in [-0.25, -0.2) is 0 Å². The van der Waals surface area contributed by atoms with Gasteiger partial charge < -0.3 is 9.84 Å². The summed E-state index contributed by atoms with van der Waals surface area (Å²) in [5.74, 6) is 0.446. The number of phenols is 1. The molecule has 1 aromatic rings. The van der Waals surface area contributed by atoms with Gasteiger partial charge >= 0.3 is 0 Å². The molecule has 0 saturated heterocycles. The molecule has 0 heterocycles. The first kappa shape index (κ1) is 10.4. The predicted molar refractivity (Wildman–Crippen MR) is 53.2 cm³/mol. The van der Waals surface area contributed by atoms with Crippen LogP contribution in [0, 0.1) is 0 Å². The van der Waals surface area contributed by atoms with E-state index in [9.17, 15) is 5.11 Å². The first-order valence-corrected chi connectivity index (χ1v) is 4.16. The van der Waals surface area contributed by atoms with Gasteiger partial charge in [-0.15, -0.1) is 0 Å². The maximum Gasteiger partial charge on any atom is 0.161 e. The van der Waals surface area contributed by atoms with Gasteiger partial charge in [-0.3, -0.25) is 10.7 Å². The summed E-state index contributed by atoms with van der Waals surface area (Å²) in [6.45, 7) is 1.79. The third kappa shape index (κ3) is 1.97. The smallest absolute Gasteiger partial charge is 0.161 e. The first-order chi connectivity index (χ1) is 6.72. The average molecular weight is 195 g/mol. The molecular formula is C10H13NO3. The molecule has 0 fully saturated rings. The summed E-state index contributed by atoms with van der Waals surface area (Å²) in [6.07, 6.45) is 1.71. The molecule has 0 unspecified atom stereocenters. The van der Waals surface area contributed by atoms with Crippen LogP contribution < -0.4 is 10.2 Å². The molecule has 0 aliphatic rings. The zero-order valence-electron chi connectivity index (χ0n) is 8.11. The lowest BCUT2D eigenvalue weighted by atomic mass is 10.1. The molecule has 0 spiro atoms. The zero-order chi connectivity index (χ0) is 10.6. The largest absolute Gasteiger partial charge is 0.504 e. The van der Waals surface area contributed by atoms with Crippen LogP contribution in [0.15, 0.2) is 24.3 Å². The normalized spacial score (nSPS) is 11.2. The van der Waals surface area contributed by atoms with E-state index in [1.807, 2.05) is 0 Å². The summed E-state index contributed by atoms with van der Waals surface area (Å²) >= 11 is 0. The summed E-state index contributed by atoms with van der Waals surface area (Å²) < 4.78 is 4.94. The van der Waals surface area contributed by atoms with Gasteiger partial charge in [-0.2, -0.15) is 0 Å². The Kier molecular flexibility index (Phi) is 3.36. The molecule has 0 bridgehead atoms. The third-order valence-electron chi connectivity index (χ3n) is 1.90. The van der Waals surface area contributed by atoms with E-state index < -0.39 is 0 Å². The van der Waals surface area contributed by atoms with Crippen molar-refractivity contribution >= 4 is 5.70 Å². The van der Waals surface area contributed by atoms with Gasteiger partial charge in [0.25, 0.3) is 0 Å². The zero-order valence-corrected chi connectivity index (χ0v) is 8.11. The number of benzene rings is 1. The van der Waals surface area contributed by atoms with Gasteiger partial charge in [0.1, 0.15) is 0 Å². The minimum absolute atomic E-state index is 0.0737. The summed E-state index contributed by atoms with van der Waals surface area (Å²) in [5, 5.41) is 18.1. The topological polar surface area (TPSA) is 61.7 Å². The minimum atomic E-state index is 0.0737. The minimum Gasteiger partial charge on any atom is -0.504 e. The number of hydrogen-bond acceptors (Lipinski definition) is 4. The molecule has 0 aromatic heterocycles. The van der Waals surface area contributed by atoms with Gasteiger partial charge in [0, 0.05) is 5.56 Å². The fraction of sp³-hybridized carbons (Fsp3) is 0.200. The van der Waals surface area contributed by atoms with Crippen LogP contribution in [0.25, 0.3) is 5.70 Å². The molecule has 1 rings (SSSR count). The van der Waals surface area contributed by atoms with E-state index in [0.717, 1.165) is 5.56 Å². The van der Waals surface area contributed by atoms with E-state index in [1.54, 1.807) is 25.1 Å². The van der Waals surface area contributed by atoms with Crippen LogP contribution >= 0.6 is 0 Å². The Morgan fingerprint density at radius 2 is 2.21 bits per heavy atom. The van der Waals surface area contributed by atoms with Crippen LogP contribution in [0.5, 0.6) is 11.5 Å². The van der Waals surface area contributed by atoms with Gasteiger partial charge in [-0.1, -0.05) is 6.08 Å². The molecule has 0 aliphatic carbocycles. The molecule has 0 radical (unpaired) electrons. The van der Waals surface area contributed by atoms with Crippen molar-refractivity contribution in [1.82, 2.24) is 5.48 Å². The summed E-state index contributed by atoms with van der Waals surface area (Å²) in [5.41, 5.74) is 3.36. The maximum absolute atomic E-state index is 9.33. The van der Waals surface area contributed by atoms with Crippen molar-refractivity contribution in [3.8, 4) is 11.5 Å². The summed E-state index contributed by atoms with van der Waals surface area (Å²) in [4.78, 5) is 0. The highest BCUT2D eigenvalue weighted by atomic mass is 16.5. The second-order valence-corrected chi connectivity index (χ2v) is 2.70. The van der Waals surface area contributed by atoms with Gasteiger partial charge in [0.15, 0.2) is 11.5 Å². The fourth-order valence-electron chi connectivity index (χ4n) is 1.14. The second kappa shape index (κ2) is 4.53. The van der Waals surface area contributed by atoms with Crippen LogP contribution in [0.4, 0.5) is 0 Å². The number of phenolic OH excluding ortho intramolecular Hbond substituents is 1. The number of hydrogen-bond donors (Lipinski definition) is 3. The fourth-order valence-corrected chi connectivity index (χ4v) is 1.14. The van der Waals surface area contributed by atoms with Crippen LogP contribution in [0.1, 0.15) is 12.5 Å². The molecule has 0 atom stereocenters. The number of nitrogens with one attached hydrogen (secondary N) is 1. The second-order valence-electron chi connectivity index (χ2n) is 2.70. The van der Waals surface area contributed by atoms with Crippen molar-refractivity contribution in [2.45, 2.75) is 6.92 Å². The lowest BCUT2D eigenvalue weighted by Crippen LogP contribution is -2.05. The molecule has 14 heavy (non-hydrogen) atoms. The van der Waals surface area contributed by atoms with Crippen molar-refractivity contribution < 1.29 is 15.1 Å². The quantitative estimate of drug-likeness (QED) is 0.643. The molecular weight excluding hydrogens is 182 g/mol. The highest BCUT2D eigenvalue weighted by Gasteiger charge is 2.05. The molecule has 0 saturated carbocycles. The van der Waals surface area contributed by atoms with Gasteiger partial charge in [0.05, 0.1) is 12.8 Å². The third-order valence-corrected chi connectivity index (χ3v) is 1.90. The van der Waals surface area contributed by atoms with Gasteiger partial charge in [0.2, 0.25) is 0 Å². The van der Waals surface area contributed by atoms with Gasteiger partial charge in [-0.05, 0) is 25.1 Å². The number of hydroxylamine groups is 1. The van der Waals surface area contributed by atoms with Crippen LogP contribution in [-0.4, -0.2) is 17.4 Å². The standard InChI is InChI=1S/C10H13NO3/c1-3-8(11-13)7-4-5-9(12)10(6-7)14-2/h3-6,11-13H,1-2H3/b8-3+. The maximum atomic E-state index is 9.33. The van der Waals surface area contributed by atoms with E-state index in [1.165, 1.54) is 13.2 Å². The van der Waals surface area contributed by atoms with E-state index in [4.69, 9.17) is 9.94 Å². The van der Waals surface area contributed by atoms with Crippen molar-refractivity contribution in [3.63, 3.8) is 0 Å².